The highest BCUT2D eigenvalue weighted by atomic mass is 35.5. The maximum atomic E-state index is 12.2. The van der Waals surface area contributed by atoms with Gasteiger partial charge in [-0.1, -0.05) is 46.0 Å². The van der Waals surface area contributed by atoms with E-state index in [-0.39, 0.29) is 23.2 Å². The lowest BCUT2D eigenvalue weighted by atomic mass is 9.97. The number of halogens is 1. The summed E-state index contributed by atoms with van der Waals surface area (Å²) in [6.07, 6.45) is 9.98. The molecule has 18 heavy (non-hydrogen) atoms. The predicted octanol–water partition coefficient (Wildman–Crippen LogP) is 4.26. The molecule has 0 bridgehead atoms. The van der Waals surface area contributed by atoms with Gasteiger partial charge < -0.3 is 5.32 Å². The maximum absolute atomic E-state index is 12.2. The van der Waals surface area contributed by atoms with Crippen LogP contribution in [0.1, 0.15) is 71.6 Å². The van der Waals surface area contributed by atoms with E-state index in [0.29, 0.717) is 0 Å². The van der Waals surface area contributed by atoms with Crippen LogP contribution < -0.4 is 5.32 Å². The van der Waals surface area contributed by atoms with Gasteiger partial charge in [-0.3, -0.25) is 4.79 Å². The molecule has 1 aliphatic carbocycles. The summed E-state index contributed by atoms with van der Waals surface area (Å²) in [5.41, 5.74) is 0. The van der Waals surface area contributed by atoms with Crippen molar-refractivity contribution in [2.24, 2.45) is 5.92 Å². The summed E-state index contributed by atoms with van der Waals surface area (Å²) >= 11 is 6.37. The fraction of sp³-hybridized carbons (Fsp3) is 0.933. The molecule has 0 spiro atoms. The van der Waals surface area contributed by atoms with Crippen LogP contribution in [0, 0.1) is 5.92 Å². The molecule has 0 radical (unpaired) electrons. The molecule has 1 rings (SSSR count). The van der Waals surface area contributed by atoms with Crippen molar-refractivity contribution in [2.45, 2.75) is 83.1 Å². The lowest BCUT2D eigenvalue weighted by Crippen LogP contribution is -2.43. The molecule has 2 nitrogen and oxygen atoms in total. The van der Waals surface area contributed by atoms with Gasteiger partial charge >= 0.3 is 0 Å². The molecule has 0 aromatic carbocycles. The first-order valence-electron chi connectivity index (χ1n) is 7.63. The van der Waals surface area contributed by atoms with E-state index in [4.69, 9.17) is 11.6 Å². The Morgan fingerprint density at radius 3 is 2.67 bits per heavy atom. The third-order valence-electron chi connectivity index (χ3n) is 4.03. The summed E-state index contributed by atoms with van der Waals surface area (Å²) in [7, 11) is 0. The third kappa shape index (κ3) is 5.17. The molecule has 3 atom stereocenters. The largest absolute Gasteiger partial charge is 0.352 e. The summed E-state index contributed by atoms with van der Waals surface area (Å²) < 4.78 is 0. The zero-order valence-corrected chi connectivity index (χ0v) is 12.6. The van der Waals surface area contributed by atoms with Crippen LogP contribution >= 0.6 is 11.6 Å². The fourth-order valence-corrected chi connectivity index (χ4v) is 3.04. The second kappa shape index (κ2) is 8.79. The highest BCUT2D eigenvalue weighted by Gasteiger charge is 2.25. The van der Waals surface area contributed by atoms with E-state index in [1.165, 1.54) is 19.3 Å². The molecule has 1 amide bonds. The molecule has 106 valence electrons. The maximum Gasteiger partial charge on any atom is 0.223 e. The average molecular weight is 274 g/mol. The van der Waals surface area contributed by atoms with E-state index < -0.39 is 0 Å². The number of hydrogen-bond acceptors (Lipinski definition) is 1. The van der Waals surface area contributed by atoms with E-state index in [9.17, 15) is 4.79 Å². The summed E-state index contributed by atoms with van der Waals surface area (Å²) in [4.78, 5) is 12.2. The molecular formula is C15H28ClNO. The third-order valence-corrected chi connectivity index (χ3v) is 4.55. The van der Waals surface area contributed by atoms with Gasteiger partial charge in [0.05, 0.1) is 5.38 Å². The van der Waals surface area contributed by atoms with Crippen LogP contribution in [0.4, 0.5) is 0 Å². The first-order valence-corrected chi connectivity index (χ1v) is 8.07. The van der Waals surface area contributed by atoms with Gasteiger partial charge in [0.25, 0.3) is 0 Å². The van der Waals surface area contributed by atoms with Crippen LogP contribution in [0.15, 0.2) is 0 Å². The van der Waals surface area contributed by atoms with Crippen molar-refractivity contribution >= 4 is 17.5 Å². The molecular weight excluding hydrogens is 246 g/mol. The number of hydrogen-bond donors (Lipinski definition) is 1. The van der Waals surface area contributed by atoms with Crippen molar-refractivity contribution in [1.82, 2.24) is 5.32 Å². The van der Waals surface area contributed by atoms with Gasteiger partial charge in [0.2, 0.25) is 5.91 Å². The number of carbonyl (C=O) groups is 1. The normalized spacial score (nSPS) is 26.4. The van der Waals surface area contributed by atoms with Crippen LogP contribution in [0.5, 0.6) is 0 Å². The van der Waals surface area contributed by atoms with Gasteiger partial charge in [0, 0.05) is 12.0 Å². The summed E-state index contributed by atoms with van der Waals surface area (Å²) in [6, 6.07) is 0.192. The number of alkyl halides is 1. The van der Waals surface area contributed by atoms with E-state index in [1.54, 1.807) is 0 Å². The van der Waals surface area contributed by atoms with E-state index in [2.05, 4.69) is 19.2 Å². The van der Waals surface area contributed by atoms with Gasteiger partial charge in [-0.25, -0.2) is 0 Å². The summed E-state index contributed by atoms with van der Waals surface area (Å²) in [5.74, 6) is 0.403. The Morgan fingerprint density at radius 2 is 2.00 bits per heavy atom. The molecule has 0 saturated heterocycles. The Labute approximate surface area is 117 Å². The van der Waals surface area contributed by atoms with Gasteiger partial charge in [-0.05, 0) is 25.7 Å². The minimum atomic E-state index is 0.125. The first-order chi connectivity index (χ1) is 8.69. The van der Waals surface area contributed by atoms with Gasteiger partial charge in [0.15, 0.2) is 0 Å². The molecule has 0 aliphatic heterocycles. The number of amides is 1. The smallest absolute Gasteiger partial charge is 0.223 e. The lowest BCUT2D eigenvalue weighted by Gasteiger charge is -2.24. The minimum Gasteiger partial charge on any atom is -0.352 e. The predicted molar refractivity (Wildman–Crippen MR) is 78.0 cm³/mol. The Balaban J connectivity index is 2.44. The van der Waals surface area contributed by atoms with Gasteiger partial charge in [-0.15, -0.1) is 11.6 Å². The second-order valence-corrected chi connectivity index (χ2v) is 6.08. The van der Waals surface area contributed by atoms with E-state index in [1.807, 2.05) is 0 Å². The van der Waals surface area contributed by atoms with Crippen molar-refractivity contribution in [2.75, 3.05) is 0 Å². The summed E-state index contributed by atoms with van der Waals surface area (Å²) in [6.45, 7) is 4.27. The Morgan fingerprint density at radius 1 is 1.28 bits per heavy atom. The monoisotopic (exact) mass is 273 g/mol. The molecule has 1 fully saturated rings. The fourth-order valence-electron chi connectivity index (χ4n) is 2.70. The Hall–Kier alpha value is -0.240. The Bertz CT molecular complexity index is 245. The van der Waals surface area contributed by atoms with Crippen LogP contribution in [-0.4, -0.2) is 17.3 Å². The Kier molecular flexibility index (Phi) is 7.73. The van der Waals surface area contributed by atoms with Gasteiger partial charge in [-0.2, -0.15) is 0 Å². The number of unbranched alkanes of at least 4 members (excludes halogenated alkanes) is 1. The standard InChI is InChI=1S/C15H28ClNO/c1-3-5-9-12(4-2)15(18)17-14-11-8-6-7-10-13(14)16/h12-14H,3-11H2,1-2H3,(H,17,18). The van der Waals surface area contributed by atoms with Crippen molar-refractivity contribution < 1.29 is 4.79 Å². The molecule has 3 heteroatoms. The number of carbonyl (C=O) groups excluding carboxylic acids is 1. The topological polar surface area (TPSA) is 29.1 Å². The molecule has 0 heterocycles. The van der Waals surface area contributed by atoms with Crippen molar-refractivity contribution in [3.63, 3.8) is 0 Å². The molecule has 1 aliphatic rings. The van der Waals surface area contributed by atoms with E-state index >= 15 is 0 Å². The first kappa shape index (κ1) is 15.8. The zero-order chi connectivity index (χ0) is 13.4. The van der Waals surface area contributed by atoms with Crippen LogP contribution in [-0.2, 0) is 4.79 Å². The number of rotatable bonds is 6. The highest BCUT2D eigenvalue weighted by Crippen LogP contribution is 2.23. The van der Waals surface area contributed by atoms with E-state index in [0.717, 1.165) is 38.5 Å². The van der Waals surface area contributed by atoms with Crippen LogP contribution in [0.2, 0.25) is 0 Å². The van der Waals surface area contributed by atoms with Crippen molar-refractivity contribution in [1.29, 1.82) is 0 Å². The molecule has 3 unspecified atom stereocenters. The van der Waals surface area contributed by atoms with Crippen molar-refractivity contribution in [3.05, 3.63) is 0 Å². The second-order valence-electron chi connectivity index (χ2n) is 5.52. The van der Waals surface area contributed by atoms with Gasteiger partial charge in [0.1, 0.15) is 0 Å². The molecule has 0 aromatic rings. The minimum absolute atomic E-state index is 0.125. The molecule has 1 N–H and O–H groups in total. The van der Waals surface area contributed by atoms with Crippen LogP contribution in [0.25, 0.3) is 0 Å². The van der Waals surface area contributed by atoms with Crippen LogP contribution in [0.3, 0.4) is 0 Å². The lowest BCUT2D eigenvalue weighted by molar-refractivity contribution is -0.126. The quantitative estimate of drug-likeness (QED) is 0.569. The zero-order valence-electron chi connectivity index (χ0n) is 11.9. The number of nitrogens with one attached hydrogen (secondary N) is 1. The average Bonchev–Trinajstić information content (AvgIpc) is 2.56. The molecule has 0 aromatic heterocycles. The highest BCUT2D eigenvalue weighted by molar-refractivity contribution is 6.21. The van der Waals surface area contributed by atoms with Crippen molar-refractivity contribution in [3.8, 4) is 0 Å². The molecule has 1 saturated carbocycles. The summed E-state index contributed by atoms with van der Waals surface area (Å²) in [5, 5.41) is 3.32. The SMILES string of the molecule is CCCCC(CC)C(=O)NC1CCCCCC1Cl.